The molecule has 26 heavy (non-hydrogen) atoms. The van der Waals surface area contributed by atoms with Crippen molar-refractivity contribution in [1.29, 1.82) is 0 Å². The number of aryl methyl sites for hydroxylation is 1. The molecule has 0 amide bonds. The Morgan fingerprint density at radius 2 is 1.77 bits per heavy atom. The summed E-state index contributed by atoms with van der Waals surface area (Å²) >= 11 is 0. The molecule has 0 aliphatic rings. The fourth-order valence-corrected chi connectivity index (χ4v) is 2.98. The molecule has 4 rings (SSSR count). The Kier molecular flexibility index (Phi) is 4.13. The van der Waals surface area contributed by atoms with E-state index < -0.39 is 0 Å². The van der Waals surface area contributed by atoms with Crippen LogP contribution in [0.3, 0.4) is 0 Å². The smallest absolute Gasteiger partial charge is 0.147 e. The van der Waals surface area contributed by atoms with E-state index in [0.29, 0.717) is 6.04 Å². The molecule has 5 nitrogen and oxygen atoms in total. The second-order valence-electron chi connectivity index (χ2n) is 6.70. The van der Waals surface area contributed by atoms with E-state index in [1.165, 1.54) is 5.56 Å². The van der Waals surface area contributed by atoms with Gasteiger partial charge in [-0.05, 0) is 51.1 Å². The molecule has 0 saturated heterocycles. The Labute approximate surface area is 152 Å². The molecule has 0 atom stereocenters. The predicted octanol–water partition coefficient (Wildman–Crippen LogP) is 4.61. The molecular weight excluding hydrogens is 322 g/mol. The Morgan fingerprint density at radius 1 is 0.962 bits per heavy atom. The third kappa shape index (κ3) is 3.04. The molecule has 0 bridgehead atoms. The first-order valence-corrected chi connectivity index (χ1v) is 8.74. The van der Waals surface area contributed by atoms with Gasteiger partial charge in [-0.25, -0.2) is 9.97 Å². The summed E-state index contributed by atoms with van der Waals surface area (Å²) in [6.45, 7) is 6.28. The number of hydrogen-bond acceptors (Lipinski definition) is 4. The first-order valence-electron chi connectivity index (χ1n) is 8.74. The Hall–Kier alpha value is -3.21. The van der Waals surface area contributed by atoms with Gasteiger partial charge in [0.25, 0.3) is 0 Å². The maximum absolute atomic E-state index is 4.83. The molecule has 1 N–H and O–H groups in total. The van der Waals surface area contributed by atoms with E-state index in [1.54, 1.807) is 6.20 Å². The first-order chi connectivity index (χ1) is 12.6. The summed E-state index contributed by atoms with van der Waals surface area (Å²) in [7, 11) is 0. The highest BCUT2D eigenvalue weighted by Gasteiger charge is 2.14. The van der Waals surface area contributed by atoms with Crippen molar-refractivity contribution in [1.82, 2.24) is 19.5 Å². The Morgan fingerprint density at radius 3 is 2.46 bits per heavy atom. The van der Waals surface area contributed by atoms with Crippen LogP contribution in [-0.4, -0.2) is 25.6 Å². The standard InChI is InChI=1S/C21H21N5/c1-14(2)24-20-9-6-16(12-23-20)21-25-18-10-11-22-13-19(18)26(21)17-7-4-15(3)5-8-17/h4-14H,1-3H3,(H,23,24). The van der Waals surface area contributed by atoms with Gasteiger partial charge in [0.2, 0.25) is 0 Å². The van der Waals surface area contributed by atoms with E-state index >= 15 is 0 Å². The van der Waals surface area contributed by atoms with Crippen LogP contribution in [0.4, 0.5) is 5.82 Å². The minimum Gasteiger partial charge on any atom is -0.368 e. The number of fused-ring (bicyclic) bond motifs is 1. The van der Waals surface area contributed by atoms with Crippen LogP contribution in [0.1, 0.15) is 19.4 Å². The molecule has 3 heterocycles. The van der Waals surface area contributed by atoms with Crippen LogP contribution in [0.2, 0.25) is 0 Å². The largest absolute Gasteiger partial charge is 0.368 e. The molecule has 0 aliphatic heterocycles. The zero-order valence-corrected chi connectivity index (χ0v) is 15.1. The number of rotatable bonds is 4. The average Bonchev–Trinajstić information content (AvgIpc) is 3.02. The van der Waals surface area contributed by atoms with Crippen molar-refractivity contribution in [2.24, 2.45) is 0 Å². The second-order valence-corrected chi connectivity index (χ2v) is 6.70. The molecule has 0 fully saturated rings. The SMILES string of the molecule is Cc1ccc(-n2c(-c3ccc(NC(C)C)nc3)nc3ccncc32)cc1. The topological polar surface area (TPSA) is 55.6 Å². The normalized spacial score (nSPS) is 11.2. The molecule has 1 aromatic carbocycles. The van der Waals surface area contributed by atoms with Gasteiger partial charge in [0.05, 0.1) is 17.2 Å². The molecule has 5 heteroatoms. The number of imidazole rings is 1. The fourth-order valence-electron chi connectivity index (χ4n) is 2.98. The van der Waals surface area contributed by atoms with Crippen LogP contribution in [0, 0.1) is 6.92 Å². The molecule has 3 aromatic heterocycles. The quantitative estimate of drug-likeness (QED) is 0.588. The zero-order valence-electron chi connectivity index (χ0n) is 15.1. The molecule has 0 unspecified atom stereocenters. The number of hydrogen-bond donors (Lipinski definition) is 1. The number of pyridine rings is 2. The predicted molar refractivity (Wildman–Crippen MR) is 106 cm³/mol. The number of benzene rings is 1. The van der Waals surface area contributed by atoms with Gasteiger partial charge in [-0.3, -0.25) is 9.55 Å². The van der Waals surface area contributed by atoms with Crippen LogP contribution in [0.15, 0.2) is 61.1 Å². The van der Waals surface area contributed by atoms with Crippen LogP contribution in [0.25, 0.3) is 28.1 Å². The zero-order chi connectivity index (χ0) is 18.1. The summed E-state index contributed by atoms with van der Waals surface area (Å²) in [5.41, 5.74) is 5.15. The van der Waals surface area contributed by atoms with Gasteiger partial charge in [0.15, 0.2) is 0 Å². The first kappa shape index (κ1) is 16.3. The minimum absolute atomic E-state index is 0.344. The van der Waals surface area contributed by atoms with Gasteiger partial charge in [-0.15, -0.1) is 0 Å². The molecule has 4 aromatic rings. The third-order valence-electron chi connectivity index (χ3n) is 4.21. The lowest BCUT2D eigenvalue weighted by molar-refractivity contribution is 0.889. The number of aromatic nitrogens is 4. The van der Waals surface area contributed by atoms with E-state index in [0.717, 1.165) is 33.9 Å². The monoisotopic (exact) mass is 343 g/mol. The third-order valence-corrected chi connectivity index (χ3v) is 4.21. The van der Waals surface area contributed by atoms with Gasteiger partial charge in [0, 0.05) is 29.7 Å². The Balaban J connectivity index is 1.87. The molecule has 0 saturated carbocycles. The van der Waals surface area contributed by atoms with Crippen molar-refractivity contribution >= 4 is 16.9 Å². The molecule has 0 radical (unpaired) electrons. The van der Waals surface area contributed by atoms with Crippen LogP contribution < -0.4 is 5.32 Å². The lowest BCUT2D eigenvalue weighted by Gasteiger charge is -2.11. The van der Waals surface area contributed by atoms with Crippen molar-refractivity contribution in [2.45, 2.75) is 26.8 Å². The average molecular weight is 343 g/mol. The maximum Gasteiger partial charge on any atom is 0.147 e. The summed E-state index contributed by atoms with van der Waals surface area (Å²) in [5.74, 6) is 1.73. The summed E-state index contributed by atoms with van der Waals surface area (Å²) in [6, 6.07) is 14.8. The van der Waals surface area contributed by atoms with Crippen LogP contribution in [0.5, 0.6) is 0 Å². The van der Waals surface area contributed by atoms with Crippen LogP contribution >= 0.6 is 0 Å². The van der Waals surface area contributed by atoms with Gasteiger partial charge in [0.1, 0.15) is 11.6 Å². The Bertz CT molecular complexity index is 1030. The van der Waals surface area contributed by atoms with E-state index in [9.17, 15) is 0 Å². The minimum atomic E-state index is 0.344. The summed E-state index contributed by atoms with van der Waals surface area (Å²) in [6.07, 6.45) is 5.49. The summed E-state index contributed by atoms with van der Waals surface area (Å²) in [5, 5.41) is 3.31. The van der Waals surface area contributed by atoms with E-state index in [1.807, 2.05) is 24.5 Å². The van der Waals surface area contributed by atoms with Gasteiger partial charge < -0.3 is 5.32 Å². The molecule has 0 aliphatic carbocycles. The van der Waals surface area contributed by atoms with Crippen molar-refractivity contribution in [2.75, 3.05) is 5.32 Å². The van der Waals surface area contributed by atoms with E-state index in [-0.39, 0.29) is 0 Å². The molecule has 130 valence electrons. The number of anilines is 1. The van der Waals surface area contributed by atoms with Gasteiger partial charge in [-0.1, -0.05) is 17.7 Å². The van der Waals surface area contributed by atoms with E-state index in [2.05, 4.69) is 71.0 Å². The lowest BCUT2D eigenvalue weighted by Crippen LogP contribution is -2.10. The van der Waals surface area contributed by atoms with E-state index in [4.69, 9.17) is 4.98 Å². The fraction of sp³-hybridized carbons (Fsp3) is 0.190. The van der Waals surface area contributed by atoms with Crippen LogP contribution in [-0.2, 0) is 0 Å². The highest BCUT2D eigenvalue weighted by molar-refractivity contribution is 5.82. The molecular formula is C21H21N5. The summed E-state index contributed by atoms with van der Waals surface area (Å²) in [4.78, 5) is 13.7. The van der Waals surface area contributed by atoms with Crippen molar-refractivity contribution < 1.29 is 0 Å². The summed E-state index contributed by atoms with van der Waals surface area (Å²) < 4.78 is 2.13. The molecule has 0 spiro atoms. The highest BCUT2D eigenvalue weighted by Crippen LogP contribution is 2.28. The number of nitrogens with one attached hydrogen (secondary N) is 1. The van der Waals surface area contributed by atoms with Gasteiger partial charge >= 0.3 is 0 Å². The highest BCUT2D eigenvalue weighted by atomic mass is 15.1. The number of nitrogens with zero attached hydrogens (tertiary/aromatic N) is 4. The van der Waals surface area contributed by atoms with Crippen molar-refractivity contribution in [3.05, 3.63) is 66.6 Å². The van der Waals surface area contributed by atoms with Gasteiger partial charge in [-0.2, -0.15) is 0 Å². The van der Waals surface area contributed by atoms with Crippen molar-refractivity contribution in [3.63, 3.8) is 0 Å². The lowest BCUT2D eigenvalue weighted by atomic mass is 10.2. The maximum atomic E-state index is 4.83. The van der Waals surface area contributed by atoms with Crippen molar-refractivity contribution in [3.8, 4) is 17.1 Å². The second kappa shape index (κ2) is 6.59.